The number of nitrogens with one attached hydrogen (secondary N) is 1. The molecule has 3 unspecified atom stereocenters. The Labute approximate surface area is 102 Å². The van der Waals surface area contributed by atoms with Crippen LogP contribution in [-0.2, 0) is 10.8 Å². The maximum Gasteiger partial charge on any atom is 0.0385 e. The summed E-state index contributed by atoms with van der Waals surface area (Å²) >= 11 is 0. The molecular formula is C12H26N2OS. The maximum absolute atomic E-state index is 11.2. The van der Waals surface area contributed by atoms with Crippen molar-refractivity contribution in [2.24, 2.45) is 0 Å². The van der Waals surface area contributed by atoms with Crippen LogP contribution in [0, 0.1) is 0 Å². The first-order valence-corrected chi connectivity index (χ1v) is 8.13. The highest BCUT2D eigenvalue weighted by molar-refractivity contribution is 7.84. The minimum absolute atomic E-state index is 0.460. The molecular weight excluding hydrogens is 220 g/mol. The Morgan fingerprint density at radius 3 is 2.88 bits per heavy atom. The van der Waals surface area contributed by atoms with Crippen LogP contribution in [0.2, 0.25) is 0 Å². The normalized spacial score (nSPS) is 28.1. The molecule has 1 N–H and O–H groups in total. The van der Waals surface area contributed by atoms with Crippen molar-refractivity contribution in [3.05, 3.63) is 0 Å². The summed E-state index contributed by atoms with van der Waals surface area (Å²) in [4.78, 5) is 2.50. The molecule has 96 valence electrons. The van der Waals surface area contributed by atoms with Gasteiger partial charge in [0.15, 0.2) is 0 Å². The smallest absolute Gasteiger partial charge is 0.0385 e. The predicted octanol–water partition coefficient (Wildman–Crippen LogP) is 1.22. The molecule has 4 heteroatoms. The van der Waals surface area contributed by atoms with Crippen molar-refractivity contribution in [1.29, 1.82) is 0 Å². The second-order valence-electron chi connectivity index (χ2n) is 4.83. The molecule has 1 heterocycles. The molecule has 0 aromatic heterocycles. The van der Waals surface area contributed by atoms with Crippen molar-refractivity contribution < 1.29 is 4.21 Å². The van der Waals surface area contributed by atoms with Crippen molar-refractivity contribution in [3.8, 4) is 0 Å². The van der Waals surface area contributed by atoms with E-state index in [4.69, 9.17) is 0 Å². The lowest BCUT2D eigenvalue weighted by Crippen LogP contribution is -2.44. The van der Waals surface area contributed by atoms with E-state index in [-0.39, 0.29) is 0 Å². The van der Waals surface area contributed by atoms with Gasteiger partial charge in [0.2, 0.25) is 0 Å². The molecule has 0 radical (unpaired) electrons. The van der Waals surface area contributed by atoms with Crippen LogP contribution in [0.1, 0.15) is 33.1 Å². The summed E-state index contributed by atoms with van der Waals surface area (Å²) in [5.74, 6) is 0.810. The average Bonchev–Trinajstić information content (AvgIpc) is 2.16. The summed E-state index contributed by atoms with van der Waals surface area (Å²) in [6.07, 6.45) is 5.44. The van der Waals surface area contributed by atoms with Gasteiger partial charge in [-0.15, -0.1) is 0 Å². The van der Waals surface area contributed by atoms with Gasteiger partial charge in [-0.25, -0.2) is 0 Å². The van der Waals surface area contributed by atoms with Gasteiger partial charge in [-0.1, -0.05) is 6.92 Å². The topological polar surface area (TPSA) is 32.3 Å². The van der Waals surface area contributed by atoms with Crippen LogP contribution < -0.4 is 5.32 Å². The van der Waals surface area contributed by atoms with E-state index < -0.39 is 10.8 Å². The van der Waals surface area contributed by atoms with Gasteiger partial charge in [0.25, 0.3) is 0 Å². The van der Waals surface area contributed by atoms with E-state index in [0.717, 1.165) is 25.4 Å². The van der Waals surface area contributed by atoms with Gasteiger partial charge in [-0.3, -0.25) is 9.11 Å². The number of rotatable bonds is 4. The monoisotopic (exact) mass is 246 g/mol. The Morgan fingerprint density at radius 2 is 2.25 bits per heavy atom. The molecule has 0 bridgehead atoms. The summed E-state index contributed by atoms with van der Waals surface area (Å²) in [5.41, 5.74) is 0. The van der Waals surface area contributed by atoms with Crippen molar-refractivity contribution in [1.82, 2.24) is 10.2 Å². The summed E-state index contributed by atoms with van der Waals surface area (Å²) in [7, 11) is -0.675. The summed E-state index contributed by atoms with van der Waals surface area (Å²) in [5, 5.41) is 3.58. The van der Waals surface area contributed by atoms with Gasteiger partial charge < -0.3 is 5.32 Å². The minimum atomic E-state index is -0.675. The van der Waals surface area contributed by atoms with E-state index in [1.54, 1.807) is 6.26 Å². The Hall–Kier alpha value is 0.0700. The fourth-order valence-electron chi connectivity index (χ4n) is 2.36. The second-order valence-corrected chi connectivity index (χ2v) is 6.31. The number of hydrogen-bond donors (Lipinski definition) is 1. The Balaban J connectivity index is 2.42. The lowest BCUT2D eigenvalue weighted by atomic mass is 10.1. The van der Waals surface area contributed by atoms with Crippen LogP contribution in [0.25, 0.3) is 0 Å². The SMILES string of the molecule is CCC1CCN(C(C)CS(C)=O)CCCN1. The molecule has 1 aliphatic heterocycles. The molecule has 1 fully saturated rings. The Bertz CT molecular complexity index is 223. The summed E-state index contributed by atoms with van der Waals surface area (Å²) in [6, 6.07) is 1.13. The molecule has 0 spiro atoms. The molecule has 3 nitrogen and oxygen atoms in total. The van der Waals surface area contributed by atoms with E-state index in [1.165, 1.54) is 19.3 Å². The minimum Gasteiger partial charge on any atom is -0.314 e. The standard InChI is InChI=1S/C12H26N2OS/c1-4-12-6-9-14(8-5-7-13-12)11(2)10-16(3)15/h11-13H,4-10H2,1-3H3. The summed E-state index contributed by atoms with van der Waals surface area (Å²) in [6.45, 7) is 7.86. The third-order valence-electron chi connectivity index (χ3n) is 3.41. The van der Waals surface area contributed by atoms with Crippen LogP contribution in [0.5, 0.6) is 0 Å². The Morgan fingerprint density at radius 1 is 1.50 bits per heavy atom. The van der Waals surface area contributed by atoms with Crippen molar-refractivity contribution in [2.45, 2.75) is 45.2 Å². The van der Waals surface area contributed by atoms with Crippen molar-refractivity contribution in [3.63, 3.8) is 0 Å². The van der Waals surface area contributed by atoms with Crippen LogP contribution >= 0.6 is 0 Å². The number of nitrogens with zero attached hydrogens (tertiary/aromatic N) is 1. The largest absolute Gasteiger partial charge is 0.314 e. The van der Waals surface area contributed by atoms with E-state index in [2.05, 4.69) is 24.1 Å². The maximum atomic E-state index is 11.2. The van der Waals surface area contributed by atoms with Gasteiger partial charge in [-0.2, -0.15) is 0 Å². The van der Waals surface area contributed by atoms with E-state index >= 15 is 0 Å². The van der Waals surface area contributed by atoms with E-state index in [0.29, 0.717) is 12.1 Å². The molecule has 1 saturated heterocycles. The van der Waals surface area contributed by atoms with Crippen LogP contribution in [0.15, 0.2) is 0 Å². The van der Waals surface area contributed by atoms with Crippen LogP contribution in [-0.4, -0.2) is 52.8 Å². The van der Waals surface area contributed by atoms with E-state index in [9.17, 15) is 4.21 Å². The highest BCUT2D eigenvalue weighted by Crippen LogP contribution is 2.09. The molecule has 1 aliphatic rings. The lowest BCUT2D eigenvalue weighted by molar-refractivity contribution is 0.193. The van der Waals surface area contributed by atoms with E-state index in [1.807, 2.05) is 0 Å². The quantitative estimate of drug-likeness (QED) is 0.809. The van der Waals surface area contributed by atoms with Crippen LogP contribution in [0.3, 0.4) is 0 Å². The average molecular weight is 246 g/mol. The fraction of sp³-hybridized carbons (Fsp3) is 1.00. The first-order chi connectivity index (χ1) is 7.63. The molecule has 0 aromatic rings. The zero-order valence-electron chi connectivity index (χ0n) is 10.9. The zero-order valence-corrected chi connectivity index (χ0v) is 11.7. The fourth-order valence-corrected chi connectivity index (χ4v) is 3.25. The van der Waals surface area contributed by atoms with Gasteiger partial charge in [0, 0.05) is 34.9 Å². The van der Waals surface area contributed by atoms with Crippen molar-refractivity contribution in [2.75, 3.05) is 31.6 Å². The first-order valence-electron chi connectivity index (χ1n) is 6.41. The first kappa shape index (κ1) is 14.1. The van der Waals surface area contributed by atoms with Gasteiger partial charge in [-0.05, 0) is 45.8 Å². The zero-order chi connectivity index (χ0) is 12.0. The number of hydrogen-bond acceptors (Lipinski definition) is 3. The highest BCUT2D eigenvalue weighted by Gasteiger charge is 2.18. The molecule has 3 atom stereocenters. The predicted molar refractivity (Wildman–Crippen MR) is 71.3 cm³/mol. The molecule has 0 aliphatic carbocycles. The molecule has 0 amide bonds. The van der Waals surface area contributed by atoms with Gasteiger partial charge in [0.05, 0.1) is 0 Å². The lowest BCUT2D eigenvalue weighted by Gasteiger charge is -2.32. The Kier molecular flexibility index (Phi) is 6.54. The van der Waals surface area contributed by atoms with Gasteiger partial charge >= 0.3 is 0 Å². The van der Waals surface area contributed by atoms with Gasteiger partial charge in [0.1, 0.15) is 0 Å². The molecule has 0 aromatic carbocycles. The molecule has 16 heavy (non-hydrogen) atoms. The second kappa shape index (κ2) is 7.41. The third kappa shape index (κ3) is 4.93. The molecule has 1 rings (SSSR count). The molecule has 0 saturated carbocycles. The van der Waals surface area contributed by atoms with Crippen LogP contribution in [0.4, 0.5) is 0 Å². The highest BCUT2D eigenvalue weighted by atomic mass is 32.2. The van der Waals surface area contributed by atoms with Crippen molar-refractivity contribution >= 4 is 10.8 Å². The summed E-state index contributed by atoms with van der Waals surface area (Å²) < 4.78 is 11.2. The third-order valence-corrected chi connectivity index (χ3v) is 4.36.